The highest BCUT2D eigenvalue weighted by atomic mass is 16.6. The first-order valence-electron chi connectivity index (χ1n) is 10.9. The number of carbonyl (C=O) groups is 2. The normalized spacial score (nSPS) is 13.6. The van der Waals surface area contributed by atoms with Gasteiger partial charge < -0.3 is 14.8 Å². The Bertz CT molecular complexity index is 1180. The van der Waals surface area contributed by atoms with Gasteiger partial charge in [0, 0.05) is 10.8 Å². The molecule has 0 aromatic heterocycles. The molecule has 0 unspecified atom stereocenters. The number of carbonyl (C=O) groups excluding carboxylic acids is 2. The molecule has 1 amide bonds. The van der Waals surface area contributed by atoms with Crippen LogP contribution in [-0.2, 0) is 20.9 Å². The van der Waals surface area contributed by atoms with Gasteiger partial charge in [-0.25, -0.2) is 9.59 Å². The fourth-order valence-corrected chi connectivity index (χ4v) is 4.11. The lowest BCUT2D eigenvalue weighted by molar-refractivity contribution is -0.147. The molecule has 0 heterocycles. The molecule has 1 N–H and O–H groups in total. The Labute approximate surface area is 197 Å². The molecule has 172 valence electrons. The van der Waals surface area contributed by atoms with Gasteiger partial charge >= 0.3 is 12.1 Å². The van der Waals surface area contributed by atoms with Crippen LogP contribution in [0.1, 0.15) is 29.5 Å². The number of ether oxygens (including phenoxy) is 2. The molecule has 1 aliphatic rings. The highest BCUT2D eigenvalue weighted by Crippen LogP contribution is 2.44. The van der Waals surface area contributed by atoms with Gasteiger partial charge in [0.2, 0.25) is 0 Å². The van der Waals surface area contributed by atoms with Crippen LogP contribution in [0.3, 0.4) is 0 Å². The molecule has 2 atom stereocenters. The van der Waals surface area contributed by atoms with Gasteiger partial charge in [0.05, 0.1) is 6.04 Å². The molecule has 0 saturated heterocycles. The van der Waals surface area contributed by atoms with Crippen molar-refractivity contribution in [1.82, 2.24) is 5.32 Å². The maximum Gasteiger partial charge on any atom is 0.407 e. The van der Waals surface area contributed by atoms with Crippen molar-refractivity contribution < 1.29 is 19.1 Å². The average Bonchev–Trinajstić information content (AvgIpc) is 3.19. The van der Waals surface area contributed by atoms with Gasteiger partial charge in [-0.2, -0.15) is 0 Å². The third-order valence-electron chi connectivity index (χ3n) is 5.81. The van der Waals surface area contributed by atoms with Crippen LogP contribution in [0.5, 0.6) is 0 Å². The summed E-state index contributed by atoms with van der Waals surface area (Å²) in [5.74, 6) is -0.826. The number of fused-ring (bicyclic) bond motifs is 3. The van der Waals surface area contributed by atoms with Crippen molar-refractivity contribution >= 4 is 12.1 Å². The van der Waals surface area contributed by atoms with Crippen LogP contribution >= 0.6 is 0 Å². The highest BCUT2D eigenvalue weighted by Gasteiger charge is 2.31. The van der Waals surface area contributed by atoms with Crippen molar-refractivity contribution in [3.05, 3.63) is 106 Å². The van der Waals surface area contributed by atoms with Crippen LogP contribution in [0.25, 0.3) is 21.6 Å². The van der Waals surface area contributed by atoms with E-state index in [2.05, 4.69) is 27.5 Å². The fraction of sp³-hybridized carbons (Fsp3) is 0.231. The number of esters is 1. The number of hydrogen-bond donors (Lipinski definition) is 1. The Kier molecular flexibility index (Phi) is 7.10. The number of hydrogen-bond acceptors (Lipinski definition) is 5. The van der Waals surface area contributed by atoms with Gasteiger partial charge in [-0.1, -0.05) is 90.9 Å². The average molecular weight is 457 g/mol. The Morgan fingerprint density at radius 3 is 2.15 bits per heavy atom. The maximum absolute atomic E-state index is 12.7. The summed E-state index contributed by atoms with van der Waals surface area (Å²) in [6.45, 7) is 1.66. The number of benzene rings is 3. The zero-order valence-electron chi connectivity index (χ0n) is 18.6. The summed E-state index contributed by atoms with van der Waals surface area (Å²) in [7, 11) is 0. The predicted octanol–water partition coefficient (Wildman–Crippen LogP) is 5.34. The first-order chi connectivity index (χ1) is 16.6. The number of alkyl carbamates (subject to hydrolysis) is 1. The lowest BCUT2D eigenvalue weighted by Crippen LogP contribution is -2.48. The molecule has 3 aromatic rings. The van der Waals surface area contributed by atoms with Gasteiger partial charge in [-0.05, 0) is 33.3 Å². The second-order valence-corrected chi connectivity index (χ2v) is 7.99. The molecule has 0 saturated carbocycles. The van der Waals surface area contributed by atoms with Crippen molar-refractivity contribution in [3.63, 3.8) is 0 Å². The Hall–Kier alpha value is -4.29. The summed E-state index contributed by atoms with van der Waals surface area (Å²) in [6.07, 6.45) is -0.788. The number of azide groups is 1. The van der Waals surface area contributed by atoms with Crippen LogP contribution in [0.2, 0.25) is 0 Å². The molecule has 8 nitrogen and oxygen atoms in total. The van der Waals surface area contributed by atoms with Crippen LogP contribution < -0.4 is 5.32 Å². The van der Waals surface area contributed by atoms with E-state index in [4.69, 9.17) is 15.0 Å². The molecule has 0 bridgehead atoms. The number of nitrogens with zero attached hydrogens (tertiary/aromatic N) is 3. The molecule has 4 rings (SSSR count). The SMILES string of the molecule is C[C@H](N=[N+]=[N-])[C@H](NC(=O)OCC1c2ccccc2-c2ccccc21)C(=O)OCc1ccccc1. The Morgan fingerprint density at radius 1 is 0.941 bits per heavy atom. The topological polar surface area (TPSA) is 113 Å². The van der Waals surface area contributed by atoms with E-state index in [1.807, 2.05) is 66.7 Å². The standard InChI is InChI=1S/C26H24N4O4/c1-17(29-30-27)24(25(31)33-15-18-9-3-2-4-10-18)28-26(32)34-16-23-21-13-7-5-11-19(21)20-12-6-8-14-22(20)23/h2-14,17,23-24H,15-16H2,1H3,(H,28,32)/t17-,24-/m0/s1. The molecule has 0 fully saturated rings. The van der Waals surface area contributed by atoms with Crippen molar-refractivity contribution in [3.8, 4) is 11.1 Å². The van der Waals surface area contributed by atoms with E-state index >= 15 is 0 Å². The minimum absolute atomic E-state index is 0.0333. The molecular weight excluding hydrogens is 432 g/mol. The zero-order valence-corrected chi connectivity index (χ0v) is 18.6. The van der Waals surface area contributed by atoms with E-state index in [1.165, 1.54) is 6.92 Å². The highest BCUT2D eigenvalue weighted by molar-refractivity contribution is 5.82. The van der Waals surface area contributed by atoms with E-state index in [0.717, 1.165) is 27.8 Å². The number of amides is 1. The Balaban J connectivity index is 1.42. The van der Waals surface area contributed by atoms with Crippen molar-refractivity contribution in [2.24, 2.45) is 5.11 Å². The van der Waals surface area contributed by atoms with E-state index in [0.29, 0.717) is 0 Å². The maximum atomic E-state index is 12.7. The van der Waals surface area contributed by atoms with Crippen LogP contribution in [-0.4, -0.2) is 30.8 Å². The minimum Gasteiger partial charge on any atom is -0.459 e. The molecule has 34 heavy (non-hydrogen) atoms. The minimum atomic E-state index is -1.18. The number of rotatable bonds is 8. The van der Waals surface area contributed by atoms with Crippen LogP contribution in [0.15, 0.2) is 84.0 Å². The quantitative estimate of drug-likeness (QED) is 0.213. The van der Waals surface area contributed by atoms with Gasteiger partial charge in [0.15, 0.2) is 0 Å². The van der Waals surface area contributed by atoms with Crippen LogP contribution in [0, 0.1) is 0 Å². The van der Waals surface area contributed by atoms with E-state index in [1.54, 1.807) is 0 Å². The summed E-state index contributed by atoms with van der Waals surface area (Å²) in [5, 5.41) is 6.07. The largest absolute Gasteiger partial charge is 0.459 e. The van der Waals surface area contributed by atoms with E-state index < -0.39 is 24.1 Å². The molecule has 0 spiro atoms. The van der Waals surface area contributed by atoms with E-state index in [9.17, 15) is 9.59 Å². The molecule has 0 radical (unpaired) electrons. The summed E-state index contributed by atoms with van der Waals surface area (Å²) < 4.78 is 10.9. The summed E-state index contributed by atoms with van der Waals surface area (Å²) in [4.78, 5) is 28.1. The molecule has 1 aliphatic carbocycles. The monoisotopic (exact) mass is 456 g/mol. The summed E-state index contributed by atoms with van der Waals surface area (Å²) in [5.41, 5.74) is 14.0. The van der Waals surface area contributed by atoms with Crippen LogP contribution in [0.4, 0.5) is 4.79 Å². The van der Waals surface area contributed by atoms with Gasteiger partial charge in [-0.3, -0.25) is 0 Å². The summed E-state index contributed by atoms with van der Waals surface area (Å²) in [6, 6.07) is 23.1. The third kappa shape index (κ3) is 5.03. The lowest BCUT2D eigenvalue weighted by atomic mass is 9.98. The predicted molar refractivity (Wildman–Crippen MR) is 127 cm³/mol. The van der Waals surface area contributed by atoms with Gasteiger partial charge in [0.1, 0.15) is 19.3 Å². The first-order valence-corrected chi connectivity index (χ1v) is 10.9. The van der Waals surface area contributed by atoms with Gasteiger partial charge in [-0.15, -0.1) is 0 Å². The summed E-state index contributed by atoms with van der Waals surface area (Å²) >= 11 is 0. The van der Waals surface area contributed by atoms with E-state index in [-0.39, 0.29) is 19.1 Å². The van der Waals surface area contributed by atoms with Crippen molar-refractivity contribution in [2.75, 3.05) is 6.61 Å². The second-order valence-electron chi connectivity index (χ2n) is 7.99. The zero-order chi connectivity index (χ0) is 23.9. The number of nitrogens with one attached hydrogen (secondary N) is 1. The Morgan fingerprint density at radius 2 is 1.53 bits per heavy atom. The fourth-order valence-electron chi connectivity index (χ4n) is 4.11. The molecular formula is C26H24N4O4. The molecule has 3 aromatic carbocycles. The lowest BCUT2D eigenvalue weighted by Gasteiger charge is -2.21. The smallest absolute Gasteiger partial charge is 0.407 e. The third-order valence-corrected chi connectivity index (χ3v) is 5.81. The van der Waals surface area contributed by atoms with Crippen molar-refractivity contribution in [2.45, 2.75) is 31.5 Å². The molecule has 0 aliphatic heterocycles. The first kappa shape index (κ1) is 22.9. The van der Waals surface area contributed by atoms with Gasteiger partial charge in [0.25, 0.3) is 0 Å². The van der Waals surface area contributed by atoms with Crippen molar-refractivity contribution in [1.29, 1.82) is 0 Å². The molecule has 8 heteroatoms. The second kappa shape index (κ2) is 10.6.